The van der Waals surface area contributed by atoms with E-state index < -0.39 is 9.84 Å². The largest absolute Gasteiger partial charge is 0.495 e. The van der Waals surface area contributed by atoms with Crippen molar-refractivity contribution in [1.29, 1.82) is 0 Å². The first-order chi connectivity index (χ1) is 16.3. The summed E-state index contributed by atoms with van der Waals surface area (Å²) in [6.07, 6.45) is 5.89. The van der Waals surface area contributed by atoms with Gasteiger partial charge >= 0.3 is 0 Å². The van der Waals surface area contributed by atoms with Gasteiger partial charge in [0.15, 0.2) is 0 Å². The molecule has 2 aromatic heterocycles. The lowest BCUT2D eigenvalue weighted by Gasteiger charge is -2.27. The number of rotatable bonds is 7. The summed E-state index contributed by atoms with van der Waals surface area (Å²) < 4.78 is 28.3. The number of carbonyl (C=O) groups excluding carboxylic acids is 1. The summed E-state index contributed by atoms with van der Waals surface area (Å²) in [5, 5.41) is 4.41. The molecule has 2 aliphatic rings. The zero-order valence-corrected chi connectivity index (χ0v) is 20.6. The summed E-state index contributed by atoms with van der Waals surface area (Å²) in [6, 6.07) is 4.02. The molecular formula is C23H25N5O4S2. The SMILES string of the molecule is COc1cc2c(cc1Nc1ncnc3sc4c(c13)CCN(C(=O)CCCS(C)(=O)=O)C4)C=NC2. The van der Waals surface area contributed by atoms with Crippen LogP contribution < -0.4 is 10.1 Å². The number of aliphatic imine (C=N–C) groups is 1. The molecule has 0 saturated heterocycles. The van der Waals surface area contributed by atoms with Gasteiger partial charge in [-0.3, -0.25) is 9.79 Å². The first-order valence-electron chi connectivity index (χ1n) is 11.0. The van der Waals surface area contributed by atoms with E-state index in [1.807, 2.05) is 23.2 Å². The fraction of sp³-hybridized carbons (Fsp3) is 0.391. The third-order valence-electron chi connectivity index (χ3n) is 6.10. The Bertz CT molecular complexity index is 1410. The second-order valence-electron chi connectivity index (χ2n) is 8.55. The fourth-order valence-electron chi connectivity index (χ4n) is 4.41. The standard InChI is InChI=1S/C23H25N5O4S2/c1-32-18-9-15-11-24-10-14(15)8-17(18)27-22-21-16-5-6-28(20(29)4-3-7-34(2,30)31)12-19(16)33-23(21)26-13-25-22/h8-10,13H,3-7,11-12H2,1-2H3,(H,25,26,27). The summed E-state index contributed by atoms with van der Waals surface area (Å²) in [4.78, 5) is 29.8. The Labute approximate surface area is 201 Å². The number of benzene rings is 1. The molecule has 0 unspecified atom stereocenters. The monoisotopic (exact) mass is 499 g/mol. The van der Waals surface area contributed by atoms with Crippen LogP contribution in [0.4, 0.5) is 11.5 Å². The topological polar surface area (TPSA) is 114 Å². The number of nitrogens with zero attached hydrogens (tertiary/aromatic N) is 4. The lowest BCUT2D eigenvalue weighted by molar-refractivity contribution is -0.132. The molecule has 34 heavy (non-hydrogen) atoms. The molecular weight excluding hydrogens is 474 g/mol. The molecule has 11 heteroatoms. The Hall–Kier alpha value is -3.05. The number of ether oxygens (including phenoxy) is 1. The molecule has 9 nitrogen and oxygen atoms in total. The highest BCUT2D eigenvalue weighted by Crippen LogP contribution is 2.40. The van der Waals surface area contributed by atoms with Gasteiger partial charge in [-0.25, -0.2) is 18.4 Å². The Kier molecular flexibility index (Phi) is 5.98. The van der Waals surface area contributed by atoms with Crippen molar-refractivity contribution in [1.82, 2.24) is 14.9 Å². The van der Waals surface area contributed by atoms with Crippen LogP contribution in [0.1, 0.15) is 34.4 Å². The molecule has 0 fully saturated rings. The number of nitrogens with one attached hydrogen (secondary N) is 1. The van der Waals surface area contributed by atoms with E-state index in [4.69, 9.17) is 4.74 Å². The Morgan fingerprint density at radius 2 is 2.15 bits per heavy atom. The van der Waals surface area contributed by atoms with Crippen molar-refractivity contribution >= 4 is 55.0 Å². The van der Waals surface area contributed by atoms with Gasteiger partial charge in [0.05, 0.1) is 37.0 Å². The van der Waals surface area contributed by atoms with E-state index in [1.165, 1.54) is 6.26 Å². The van der Waals surface area contributed by atoms with Crippen LogP contribution in [0.15, 0.2) is 23.5 Å². The quantitative estimate of drug-likeness (QED) is 0.531. The second kappa shape index (κ2) is 8.95. The predicted octanol–water partition coefficient (Wildman–Crippen LogP) is 3.09. The van der Waals surface area contributed by atoms with Gasteiger partial charge in [-0.15, -0.1) is 11.3 Å². The molecule has 0 bridgehead atoms. The molecule has 3 aromatic rings. The van der Waals surface area contributed by atoms with Gasteiger partial charge in [-0.1, -0.05) is 0 Å². The smallest absolute Gasteiger partial charge is 0.222 e. The highest BCUT2D eigenvalue weighted by atomic mass is 32.2. The van der Waals surface area contributed by atoms with E-state index in [2.05, 4.69) is 20.3 Å². The number of hydrogen-bond acceptors (Lipinski definition) is 9. The van der Waals surface area contributed by atoms with Crippen molar-refractivity contribution in [3.63, 3.8) is 0 Å². The van der Waals surface area contributed by atoms with Gasteiger partial charge < -0.3 is 15.0 Å². The molecule has 1 N–H and O–H groups in total. The maximum atomic E-state index is 12.7. The van der Waals surface area contributed by atoms with Crippen molar-refractivity contribution in [2.24, 2.45) is 4.99 Å². The molecule has 2 aliphatic heterocycles. The van der Waals surface area contributed by atoms with Crippen LogP contribution in [0, 0.1) is 0 Å². The van der Waals surface area contributed by atoms with Gasteiger partial charge in [0.2, 0.25) is 5.91 Å². The lowest BCUT2D eigenvalue weighted by Crippen LogP contribution is -2.35. The molecule has 1 amide bonds. The van der Waals surface area contributed by atoms with Crippen LogP contribution >= 0.6 is 11.3 Å². The third kappa shape index (κ3) is 4.49. The maximum Gasteiger partial charge on any atom is 0.222 e. The van der Waals surface area contributed by atoms with Crippen LogP contribution in [-0.2, 0) is 34.1 Å². The van der Waals surface area contributed by atoms with Crippen LogP contribution in [0.3, 0.4) is 0 Å². The summed E-state index contributed by atoms with van der Waals surface area (Å²) in [5.41, 5.74) is 4.16. The maximum absolute atomic E-state index is 12.7. The van der Waals surface area contributed by atoms with E-state index in [0.717, 1.165) is 43.2 Å². The number of carbonyl (C=O) groups is 1. The number of thiophene rings is 1. The molecule has 178 valence electrons. The van der Waals surface area contributed by atoms with Crippen molar-refractivity contribution in [2.45, 2.75) is 32.4 Å². The van der Waals surface area contributed by atoms with E-state index in [0.29, 0.717) is 38.3 Å². The van der Waals surface area contributed by atoms with E-state index in [-0.39, 0.29) is 18.1 Å². The highest BCUT2D eigenvalue weighted by molar-refractivity contribution is 7.90. The van der Waals surface area contributed by atoms with Crippen molar-refractivity contribution < 1.29 is 17.9 Å². The Morgan fingerprint density at radius 3 is 2.94 bits per heavy atom. The average molecular weight is 500 g/mol. The number of hydrogen-bond donors (Lipinski definition) is 1. The van der Waals surface area contributed by atoms with Crippen molar-refractivity contribution in [2.75, 3.05) is 31.0 Å². The van der Waals surface area contributed by atoms with Crippen LogP contribution in [-0.4, -0.2) is 61.1 Å². The summed E-state index contributed by atoms with van der Waals surface area (Å²) in [7, 11) is -1.42. The highest BCUT2D eigenvalue weighted by Gasteiger charge is 2.26. The molecule has 0 aliphatic carbocycles. The zero-order valence-electron chi connectivity index (χ0n) is 19.0. The molecule has 0 spiro atoms. The van der Waals surface area contributed by atoms with Crippen LogP contribution in [0.5, 0.6) is 5.75 Å². The van der Waals surface area contributed by atoms with Gasteiger partial charge in [-0.05, 0) is 41.7 Å². The number of aromatic nitrogens is 2. The normalized spacial score (nSPS) is 14.8. The van der Waals surface area contributed by atoms with Crippen LogP contribution in [0.2, 0.25) is 0 Å². The summed E-state index contributed by atoms with van der Waals surface area (Å²) >= 11 is 1.57. The van der Waals surface area contributed by atoms with Crippen molar-refractivity contribution in [3.8, 4) is 5.75 Å². The summed E-state index contributed by atoms with van der Waals surface area (Å²) in [5.74, 6) is 1.46. The minimum Gasteiger partial charge on any atom is -0.495 e. The minimum absolute atomic E-state index is 0.0132. The number of fused-ring (bicyclic) bond motifs is 4. The minimum atomic E-state index is -3.06. The second-order valence-corrected chi connectivity index (χ2v) is 11.9. The first kappa shape index (κ1) is 22.7. The predicted molar refractivity (Wildman–Crippen MR) is 133 cm³/mol. The molecule has 0 saturated carbocycles. The number of amides is 1. The first-order valence-corrected chi connectivity index (χ1v) is 13.9. The van der Waals surface area contributed by atoms with Gasteiger partial charge in [0.25, 0.3) is 0 Å². The molecule has 0 radical (unpaired) electrons. The molecule has 4 heterocycles. The van der Waals surface area contributed by atoms with Gasteiger partial charge in [0.1, 0.15) is 32.6 Å². The zero-order chi connectivity index (χ0) is 23.9. The summed E-state index contributed by atoms with van der Waals surface area (Å²) in [6.45, 7) is 1.75. The molecule has 0 atom stereocenters. The fourth-order valence-corrected chi connectivity index (χ4v) is 6.28. The van der Waals surface area contributed by atoms with Gasteiger partial charge in [0, 0.05) is 30.3 Å². The molecule has 5 rings (SSSR count). The average Bonchev–Trinajstić information content (AvgIpc) is 3.41. The number of methoxy groups -OCH3 is 1. The lowest BCUT2D eigenvalue weighted by atomic mass is 10.0. The Morgan fingerprint density at radius 1 is 1.29 bits per heavy atom. The number of anilines is 2. The van der Waals surface area contributed by atoms with Crippen molar-refractivity contribution in [3.05, 3.63) is 40.0 Å². The van der Waals surface area contributed by atoms with E-state index in [9.17, 15) is 13.2 Å². The number of sulfone groups is 1. The molecule has 1 aromatic carbocycles. The van der Waals surface area contributed by atoms with E-state index >= 15 is 0 Å². The van der Waals surface area contributed by atoms with E-state index in [1.54, 1.807) is 24.8 Å². The Balaban J connectivity index is 1.40. The van der Waals surface area contributed by atoms with Crippen LogP contribution in [0.25, 0.3) is 10.2 Å². The third-order valence-corrected chi connectivity index (χ3v) is 8.26. The van der Waals surface area contributed by atoms with Gasteiger partial charge in [-0.2, -0.15) is 0 Å².